The molecule has 0 saturated heterocycles. The van der Waals surface area contributed by atoms with Crippen molar-refractivity contribution in [2.24, 2.45) is 17.3 Å². The lowest BCUT2D eigenvalue weighted by atomic mass is 9.55. The van der Waals surface area contributed by atoms with E-state index in [-0.39, 0.29) is 23.2 Å². The zero-order valence-electron chi connectivity index (χ0n) is 26.1. The summed E-state index contributed by atoms with van der Waals surface area (Å²) in [4.78, 5) is 12.8. The lowest BCUT2D eigenvalue weighted by molar-refractivity contribution is -0.134. The average Bonchev–Trinajstić information content (AvgIpc) is 3.28. The number of carbonyl (C=O) groups is 1. The van der Waals surface area contributed by atoms with Gasteiger partial charge in [-0.3, -0.25) is 4.79 Å². The van der Waals surface area contributed by atoms with Gasteiger partial charge in [-0.1, -0.05) is 75.3 Å². The van der Waals surface area contributed by atoms with Gasteiger partial charge in [0.05, 0.1) is 6.10 Å². The fourth-order valence-electron chi connectivity index (χ4n) is 7.82. The molecule has 0 radical (unpaired) electrons. The summed E-state index contributed by atoms with van der Waals surface area (Å²) in [5.41, 5.74) is 2.28. The summed E-state index contributed by atoms with van der Waals surface area (Å²) in [6, 6.07) is 3.51. The number of fused-ring (bicyclic) bond motifs is 5. The molecule has 5 atom stereocenters. The highest BCUT2D eigenvalue weighted by atomic mass is 16.5. The minimum absolute atomic E-state index is 0.0115. The number of unbranched alkanes of at least 4 members (excludes halogenated alkanes) is 4. The first-order valence-electron chi connectivity index (χ1n) is 16.8. The highest BCUT2D eigenvalue weighted by Gasteiger charge is 2.54. The van der Waals surface area contributed by atoms with E-state index in [4.69, 9.17) is 4.74 Å². The number of aliphatic hydroxyl groups excluding tert-OH is 1. The van der Waals surface area contributed by atoms with Gasteiger partial charge in [0.15, 0.2) is 0 Å². The SMILES string of the molecule is CCCCCC=CCC=CCC=CCC=CCCCC(=O)Oc1cc(O)cc2c1[C@H]1CC[C@]3(C)[C@H](O)CC[C@H]3[C@@H]1CC2. The van der Waals surface area contributed by atoms with Crippen LogP contribution in [-0.2, 0) is 11.2 Å². The molecule has 1 aromatic carbocycles. The second kappa shape index (κ2) is 16.3. The van der Waals surface area contributed by atoms with Gasteiger partial charge in [-0.2, -0.15) is 0 Å². The lowest BCUT2D eigenvalue weighted by Crippen LogP contribution is -2.44. The first-order chi connectivity index (χ1) is 20.4. The van der Waals surface area contributed by atoms with Gasteiger partial charge in [0.1, 0.15) is 11.5 Å². The number of ether oxygens (including phenoxy) is 1. The number of phenols is 1. The minimum atomic E-state index is -0.224. The first-order valence-corrected chi connectivity index (χ1v) is 16.8. The smallest absolute Gasteiger partial charge is 0.311 e. The van der Waals surface area contributed by atoms with Crippen molar-refractivity contribution >= 4 is 5.97 Å². The van der Waals surface area contributed by atoms with Crippen molar-refractivity contribution in [2.45, 2.75) is 129 Å². The van der Waals surface area contributed by atoms with E-state index in [0.717, 1.165) is 81.8 Å². The number of hydrogen-bond acceptors (Lipinski definition) is 4. The Morgan fingerprint density at radius 2 is 1.57 bits per heavy atom. The molecule has 2 saturated carbocycles. The molecule has 4 heteroatoms. The maximum absolute atomic E-state index is 12.8. The van der Waals surface area contributed by atoms with E-state index < -0.39 is 0 Å². The van der Waals surface area contributed by atoms with Gasteiger partial charge in [0.2, 0.25) is 0 Å². The molecule has 0 unspecified atom stereocenters. The van der Waals surface area contributed by atoms with Crippen molar-refractivity contribution in [2.75, 3.05) is 0 Å². The molecule has 0 aromatic heterocycles. The van der Waals surface area contributed by atoms with E-state index in [1.165, 1.54) is 25.7 Å². The van der Waals surface area contributed by atoms with E-state index in [1.54, 1.807) is 6.07 Å². The summed E-state index contributed by atoms with van der Waals surface area (Å²) in [5, 5.41) is 21.1. The molecule has 0 heterocycles. The van der Waals surface area contributed by atoms with Crippen LogP contribution in [-0.4, -0.2) is 22.3 Å². The fraction of sp³-hybridized carbons (Fsp3) is 0.605. The van der Waals surface area contributed by atoms with Crippen LogP contribution in [0.4, 0.5) is 0 Å². The number of phenolic OH excluding ortho intramolecular Hbond substituents is 1. The number of esters is 1. The van der Waals surface area contributed by atoms with Crippen molar-refractivity contribution in [3.63, 3.8) is 0 Å². The monoisotopic (exact) mass is 574 g/mol. The number of aryl methyl sites for hydroxylation is 1. The lowest BCUT2D eigenvalue weighted by Gasteiger charge is -2.50. The highest BCUT2D eigenvalue weighted by molar-refractivity contribution is 5.73. The Labute approximate surface area is 254 Å². The van der Waals surface area contributed by atoms with Crippen LogP contribution >= 0.6 is 0 Å². The summed E-state index contributed by atoms with van der Waals surface area (Å²) in [5.74, 6) is 1.87. The minimum Gasteiger partial charge on any atom is -0.508 e. The Bertz CT molecular complexity index is 1130. The maximum Gasteiger partial charge on any atom is 0.311 e. The average molecular weight is 575 g/mol. The second-order valence-corrected chi connectivity index (χ2v) is 13.0. The Hall–Kier alpha value is -2.59. The Kier molecular flexibility index (Phi) is 12.6. The predicted molar refractivity (Wildman–Crippen MR) is 173 cm³/mol. The van der Waals surface area contributed by atoms with E-state index in [1.807, 2.05) is 6.07 Å². The van der Waals surface area contributed by atoms with E-state index in [9.17, 15) is 15.0 Å². The molecule has 2 N–H and O–H groups in total. The molecule has 0 aliphatic heterocycles. The Morgan fingerprint density at radius 3 is 2.26 bits per heavy atom. The standard InChI is InChI=1S/C38H54O4/c1-3-4-5-6-7-8-9-10-11-12-13-14-15-16-17-18-19-20-36(41)42-34-28-30(39)27-29-21-22-31-32(37(29)34)25-26-38(2)33(31)23-24-35(38)40/h7-8,10-11,13-14,16-17,27-28,31-33,35,39-40H,3-6,9,12,15,18-26H2,1-2H3/t31-,32+,33+,35-,38+/m1/s1. The molecule has 42 heavy (non-hydrogen) atoms. The molecule has 4 nitrogen and oxygen atoms in total. The van der Waals surface area contributed by atoms with E-state index >= 15 is 0 Å². The first kappa shape index (κ1) is 32.3. The molecule has 230 valence electrons. The van der Waals surface area contributed by atoms with Gasteiger partial charge in [0.25, 0.3) is 0 Å². The Morgan fingerprint density at radius 1 is 0.905 bits per heavy atom. The number of benzene rings is 1. The Balaban J connectivity index is 1.17. The summed E-state index contributed by atoms with van der Waals surface area (Å²) >= 11 is 0. The van der Waals surface area contributed by atoms with Crippen LogP contribution in [0, 0.1) is 17.3 Å². The molecule has 3 aliphatic rings. The summed E-state index contributed by atoms with van der Waals surface area (Å²) in [7, 11) is 0. The third kappa shape index (κ3) is 8.49. The zero-order chi connectivity index (χ0) is 29.8. The zero-order valence-corrected chi connectivity index (χ0v) is 26.1. The topological polar surface area (TPSA) is 66.8 Å². The second-order valence-electron chi connectivity index (χ2n) is 13.0. The van der Waals surface area contributed by atoms with Crippen molar-refractivity contribution in [3.05, 3.63) is 71.9 Å². The van der Waals surface area contributed by atoms with E-state index in [0.29, 0.717) is 29.9 Å². The molecule has 3 aliphatic carbocycles. The van der Waals surface area contributed by atoms with Gasteiger partial charge in [0, 0.05) is 18.1 Å². The summed E-state index contributed by atoms with van der Waals surface area (Å²) in [6.45, 7) is 4.51. The van der Waals surface area contributed by atoms with Crippen molar-refractivity contribution < 1.29 is 19.7 Å². The summed E-state index contributed by atoms with van der Waals surface area (Å²) in [6.07, 6.45) is 33.4. The molecule has 4 rings (SSSR count). The van der Waals surface area contributed by atoms with Crippen LogP contribution in [0.2, 0.25) is 0 Å². The quantitative estimate of drug-likeness (QED) is 0.0947. The van der Waals surface area contributed by atoms with Crippen LogP contribution < -0.4 is 4.74 Å². The fourth-order valence-corrected chi connectivity index (χ4v) is 7.82. The molecule has 0 amide bonds. The van der Waals surface area contributed by atoms with Crippen LogP contribution in [0.25, 0.3) is 0 Å². The molecule has 0 spiro atoms. The molecule has 2 fully saturated rings. The van der Waals surface area contributed by atoms with Gasteiger partial charge in [-0.05, 0) is 118 Å². The molecular weight excluding hydrogens is 520 g/mol. The van der Waals surface area contributed by atoms with Crippen molar-refractivity contribution in [1.82, 2.24) is 0 Å². The summed E-state index contributed by atoms with van der Waals surface area (Å²) < 4.78 is 5.93. The number of carbonyl (C=O) groups excluding carboxylic acids is 1. The number of hydrogen-bond donors (Lipinski definition) is 2. The number of aromatic hydroxyl groups is 1. The number of rotatable bonds is 15. The van der Waals surface area contributed by atoms with Crippen molar-refractivity contribution in [1.29, 1.82) is 0 Å². The third-order valence-electron chi connectivity index (χ3n) is 10.2. The van der Waals surface area contributed by atoms with Crippen LogP contribution in [0.1, 0.15) is 127 Å². The molecular formula is C38H54O4. The van der Waals surface area contributed by atoms with E-state index in [2.05, 4.69) is 62.5 Å². The third-order valence-corrected chi connectivity index (χ3v) is 10.2. The normalized spacial score (nSPS) is 27.2. The number of aliphatic hydroxyl groups is 1. The molecule has 0 bridgehead atoms. The highest BCUT2D eigenvalue weighted by Crippen LogP contribution is 2.62. The van der Waals surface area contributed by atoms with Gasteiger partial charge >= 0.3 is 5.97 Å². The maximum atomic E-state index is 12.8. The largest absolute Gasteiger partial charge is 0.508 e. The molecule has 1 aromatic rings. The van der Waals surface area contributed by atoms with Gasteiger partial charge in [-0.25, -0.2) is 0 Å². The van der Waals surface area contributed by atoms with Crippen molar-refractivity contribution in [3.8, 4) is 11.5 Å². The van der Waals surface area contributed by atoms with Crippen LogP contribution in [0.5, 0.6) is 11.5 Å². The van der Waals surface area contributed by atoms with Crippen LogP contribution in [0.3, 0.4) is 0 Å². The van der Waals surface area contributed by atoms with Crippen LogP contribution in [0.15, 0.2) is 60.7 Å². The van der Waals surface area contributed by atoms with Gasteiger partial charge < -0.3 is 14.9 Å². The number of allylic oxidation sites excluding steroid dienone is 8. The van der Waals surface area contributed by atoms with Gasteiger partial charge in [-0.15, -0.1) is 0 Å². The predicted octanol–water partition coefficient (Wildman–Crippen LogP) is 9.66.